The molecule has 6 aromatic rings. The molecule has 0 bridgehead atoms. The minimum Gasteiger partial charge on any atom is -0.0776 e. The Morgan fingerprint density at radius 3 is 0.750 bits per heavy atom. The van der Waals surface area contributed by atoms with Crippen LogP contribution in [0, 0.1) is 0 Å². The van der Waals surface area contributed by atoms with Crippen LogP contribution < -0.4 is 0 Å². The molecule has 6 rings (SSSR count). The van der Waals surface area contributed by atoms with Crippen molar-refractivity contribution in [1.82, 2.24) is 0 Å². The molecular formula is C64H104. The van der Waals surface area contributed by atoms with Crippen LogP contribution in [0.25, 0.3) is 44.5 Å². The molecule has 0 amide bonds. The Labute approximate surface area is 402 Å². The van der Waals surface area contributed by atoms with Gasteiger partial charge in [-0.1, -0.05) is 288 Å². The highest BCUT2D eigenvalue weighted by Gasteiger charge is 2.07. The van der Waals surface area contributed by atoms with Gasteiger partial charge in [-0.05, 0) is 116 Å². The van der Waals surface area contributed by atoms with Crippen LogP contribution >= 0.6 is 0 Å². The lowest BCUT2D eigenvalue weighted by Crippen LogP contribution is -1.91. The normalized spacial score (nSPS) is 8.66. The van der Waals surface area contributed by atoms with Crippen molar-refractivity contribution in [2.45, 2.75) is 193 Å². The van der Waals surface area contributed by atoms with Crippen molar-refractivity contribution in [3.8, 4) is 44.5 Å². The predicted molar refractivity (Wildman–Crippen MR) is 306 cm³/mol. The molecule has 0 aliphatic rings. The number of rotatable bonds is 10. The van der Waals surface area contributed by atoms with E-state index in [2.05, 4.69) is 175 Å². The predicted octanol–water partition coefficient (Wildman–Crippen LogP) is 22.1. The Morgan fingerprint density at radius 2 is 0.469 bits per heavy atom. The van der Waals surface area contributed by atoms with Crippen LogP contribution in [0.3, 0.4) is 0 Å². The van der Waals surface area contributed by atoms with Crippen LogP contribution in [0.2, 0.25) is 0 Å². The van der Waals surface area contributed by atoms with Crippen molar-refractivity contribution < 1.29 is 0 Å². The zero-order chi connectivity index (χ0) is 45.9. The molecule has 0 aliphatic heterocycles. The molecule has 0 saturated carbocycles. The lowest BCUT2D eigenvalue weighted by atomic mass is 9.94. The van der Waals surface area contributed by atoms with Crippen molar-refractivity contribution in [1.29, 1.82) is 0 Å². The molecule has 0 spiro atoms. The van der Waals surface area contributed by atoms with Crippen LogP contribution in [0.4, 0.5) is 0 Å². The molecular weight excluding hydrogens is 769 g/mol. The number of aryl methyl sites for hydroxylation is 6. The van der Waals surface area contributed by atoms with E-state index in [0.29, 0.717) is 0 Å². The fourth-order valence-electron chi connectivity index (χ4n) is 6.34. The van der Waals surface area contributed by atoms with E-state index in [1.807, 2.05) is 83.1 Å². The molecule has 0 saturated heterocycles. The maximum atomic E-state index is 2.35. The summed E-state index contributed by atoms with van der Waals surface area (Å²) >= 11 is 0. The highest BCUT2D eigenvalue weighted by Crippen LogP contribution is 2.30. The lowest BCUT2D eigenvalue weighted by molar-refractivity contribution is 1.09. The third kappa shape index (κ3) is 23.3. The number of hydrogen-bond donors (Lipinski definition) is 0. The first kappa shape index (κ1) is 71.0. The van der Waals surface area contributed by atoms with Gasteiger partial charge in [-0.15, -0.1) is 0 Å². The Balaban J connectivity index is -0.000000203. The van der Waals surface area contributed by atoms with Gasteiger partial charge in [0.15, 0.2) is 0 Å². The first-order valence-electron chi connectivity index (χ1n) is 24.1. The van der Waals surface area contributed by atoms with Crippen LogP contribution in [0.5, 0.6) is 0 Å². The molecule has 0 aliphatic carbocycles. The van der Waals surface area contributed by atoms with Gasteiger partial charge in [-0.2, -0.15) is 0 Å². The van der Waals surface area contributed by atoms with E-state index in [0.717, 1.165) is 38.5 Å². The SMILES string of the molecule is C.C.C.C.CC.CC.CC.CC.CC.CC.CCc1ccc(-c2ccc(-c3cc(CC)cc(CC)c3)cc2)cc1.CCc1ccc(-c2ccc(-c3ccc(CC)cc3CC)cc2)cc1. The van der Waals surface area contributed by atoms with Crippen molar-refractivity contribution >= 4 is 0 Å². The Morgan fingerprint density at radius 1 is 0.219 bits per heavy atom. The summed E-state index contributed by atoms with van der Waals surface area (Å²) in [6.07, 6.45) is 6.52. The Hall–Kier alpha value is -4.68. The summed E-state index contributed by atoms with van der Waals surface area (Å²) in [6.45, 7) is 37.3. The minimum atomic E-state index is 0. The maximum Gasteiger partial charge on any atom is -0.0152 e. The van der Waals surface area contributed by atoms with Gasteiger partial charge < -0.3 is 0 Å². The van der Waals surface area contributed by atoms with Crippen LogP contribution in [0.1, 0.15) is 188 Å². The van der Waals surface area contributed by atoms with Gasteiger partial charge in [0, 0.05) is 0 Å². The monoisotopic (exact) mass is 873 g/mol. The second-order valence-corrected chi connectivity index (χ2v) is 12.7. The summed E-state index contributed by atoms with van der Waals surface area (Å²) in [5.74, 6) is 0. The zero-order valence-electron chi connectivity index (χ0n) is 41.9. The van der Waals surface area contributed by atoms with Crippen molar-refractivity contribution in [3.05, 3.63) is 167 Å². The smallest absolute Gasteiger partial charge is 0.0152 e. The van der Waals surface area contributed by atoms with E-state index >= 15 is 0 Å². The zero-order valence-corrected chi connectivity index (χ0v) is 41.9. The van der Waals surface area contributed by atoms with E-state index < -0.39 is 0 Å². The molecule has 0 heterocycles. The van der Waals surface area contributed by atoms with E-state index in [1.54, 1.807) is 0 Å². The largest absolute Gasteiger partial charge is 0.0776 e. The van der Waals surface area contributed by atoms with Crippen LogP contribution in [-0.2, 0) is 38.5 Å². The van der Waals surface area contributed by atoms with Gasteiger partial charge in [0.1, 0.15) is 0 Å². The molecule has 0 unspecified atom stereocenters. The summed E-state index contributed by atoms with van der Waals surface area (Å²) in [7, 11) is 0. The molecule has 0 heteroatoms. The quantitative estimate of drug-likeness (QED) is 0.129. The molecule has 0 aromatic heterocycles. The molecule has 0 fully saturated rings. The standard InChI is InChI=1S/2C24H26.6C2H6.4CH4/c1-4-18-7-10-21(11-8-18)22-12-14-23(15-13-22)24-16-9-19(5-2)17-20(24)6-3;1-4-18-7-9-21(10-8-18)22-11-13-23(14-12-22)24-16-19(5-2)15-20(6-3)17-24;6*1-2;;;;/h2*7-17H,4-6H2,1-3H3;6*1-2H3;4*1H4. The van der Waals surface area contributed by atoms with Crippen molar-refractivity contribution in [3.63, 3.8) is 0 Å². The lowest BCUT2D eigenvalue weighted by Gasteiger charge is -2.11. The fourth-order valence-corrected chi connectivity index (χ4v) is 6.34. The number of hydrogen-bond acceptors (Lipinski definition) is 0. The molecule has 0 radical (unpaired) electrons. The summed E-state index contributed by atoms with van der Waals surface area (Å²) in [4.78, 5) is 0. The van der Waals surface area contributed by atoms with Crippen molar-refractivity contribution in [2.75, 3.05) is 0 Å². The summed E-state index contributed by atoms with van der Waals surface area (Å²) in [5, 5.41) is 0. The van der Waals surface area contributed by atoms with E-state index in [4.69, 9.17) is 0 Å². The third-order valence-electron chi connectivity index (χ3n) is 9.63. The molecule has 360 valence electrons. The highest BCUT2D eigenvalue weighted by molar-refractivity contribution is 5.73. The topological polar surface area (TPSA) is 0 Å². The average Bonchev–Trinajstić information content (AvgIpc) is 3.37. The maximum absolute atomic E-state index is 2.35. The second-order valence-electron chi connectivity index (χ2n) is 12.7. The first-order valence-corrected chi connectivity index (χ1v) is 24.1. The molecule has 6 aromatic carbocycles. The highest BCUT2D eigenvalue weighted by atomic mass is 14.1. The fraction of sp³-hybridized carbons (Fsp3) is 0.438. The van der Waals surface area contributed by atoms with Gasteiger partial charge in [0.05, 0.1) is 0 Å². The molecule has 0 nitrogen and oxygen atoms in total. The molecule has 0 atom stereocenters. The first-order chi connectivity index (χ1) is 29.5. The van der Waals surface area contributed by atoms with Gasteiger partial charge in [0.2, 0.25) is 0 Å². The minimum absolute atomic E-state index is 0. The van der Waals surface area contributed by atoms with E-state index in [1.165, 1.54) is 77.9 Å². The summed E-state index contributed by atoms with van der Waals surface area (Å²) < 4.78 is 0. The number of benzene rings is 6. The Kier molecular flexibility index (Phi) is 49.8. The summed E-state index contributed by atoms with van der Waals surface area (Å²) in [6, 6.07) is 49.6. The van der Waals surface area contributed by atoms with E-state index in [9.17, 15) is 0 Å². The second kappa shape index (κ2) is 44.9. The van der Waals surface area contributed by atoms with E-state index in [-0.39, 0.29) is 29.7 Å². The van der Waals surface area contributed by atoms with Crippen molar-refractivity contribution in [2.24, 2.45) is 0 Å². The molecule has 64 heavy (non-hydrogen) atoms. The van der Waals surface area contributed by atoms with Gasteiger partial charge in [-0.3, -0.25) is 0 Å². The van der Waals surface area contributed by atoms with Gasteiger partial charge >= 0.3 is 0 Å². The third-order valence-corrected chi connectivity index (χ3v) is 9.63. The van der Waals surface area contributed by atoms with Gasteiger partial charge in [-0.25, -0.2) is 0 Å². The molecule has 0 N–H and O–H groups in total. The van der Waals surface area contributed by atoms with Crippen LogP contribution in [-0.4, -0.2) is 0 Å². The van der Waals surface area contributed by atoms with Gasteiger partial charge in [0.25, 0.3) is 0 Å². The summed E-state index contributed by atoms with van der Waals surface area (Å²) in [5.41, 5.74) is 18.9. The Bertz CT molecular complexity index is 1850. The average molecular weight is 874 g/mol. The van der Waals surface area contributed by atoms with Crippen LogP contribution in [0.15, 0.2) is 133 Å².